The highest BCUT2D eigenvalue weighted by Crippen LogP contribution is 2.61. The number of esters is 1. The lowest BCUT2D eigenvalue weighted by molar-refractivity contribution is -0.140. The molecule has 1 heterocycles. The molecule has 44 heavy (non-hydrogen) atoms. The van der Waals surface area contributed by atoms with E-state index in [0.29, 0.717) is 41.2 Å². The van der Waals surface area contributed by atoms with E-state index in [-0.39, 0.29) is 35.7 Å². The molecular formula is C32H38F2N2O6S2. The van der Waals surface area contributed by atoms with Crippen molar-refractivity contribution in [3.63, 3.8) is 0 Å². The number of nitrogens with zero attached hydrogens (tertiary/aromatic N) is 2. The maximum absolute atomic E-state index is 14.4. The van der Waals surface area contributed by atoms with Gasteiger partial charge in [-0.1, -0.05) is 31.9 Å². The lowest BCUT2D eigenvalue weighted by Gasteiger charge is -2.45. The van der Waals surface area contributed by atoms with Gasteiger partial charge in [0.2, 0.25) is 5.83 Å². The molecule has 0 fully saturated rings. The predicted molar refractivity (Wildman–Crippen MR) is 171 cm³/mol. The van der Waals surface area contributed by atoms with Crippen LogP contribution in [0.4, 0.5) is 20.2 Å². The van der Waals surface area contributed by atoms with Gasteiger partial charge < -0.3 is 19.1 Å². The summed E-state index contributed by atoms with van der Waals surface area (Å²) in [4.78, 5) is 14.5. The zero-order valence-corrected chi connectivity index (χ0v) is 26.8. The van der Waals surface area contributed by atoms with Crippen LogP contribution in [0.5, 0.6) is 11.5 Å². The maximum Gasteiger partial charge on any atom is 0.370 e. The normalized spacial score (nSPS) is 17.4. The van der Waals surface area contributed by atoms with Crippen molar-refractivity contribution in [2.75, 3.05) is 31.4 Å². The largest absolute Gasteiger partial charge is 0.497 e. The SMILES string of the molecule is CCCCC1CN(c2ccc(F)cc2)c2cc(SC)c(O/C=C(\F)C(=O)OCC)cc2S(O)(O)N1Cc1ccc(OC)cc1. The third kappa shape index (κ3) is 7.67. The smallest absolute Gasteiger partial charge is 0.370 e. The molecule has 0 bridgehead atoms. The lowest BCUT2D eigenvalue weighted by Crippen LogP contribution is -2.41. The number of rotatable bonds is 12. The number of anilines is 2. The fraction of sp³-hybridized carbons (Fsp3) is 0.344. The minimum absolute atomic E-state index is 0.00163. The van der Waals surface area contributed by atoms with Gasteiger partial charge in [-0.2, -0.15) is 8.70 Å². The third-order valence-corrected chi connectivity index (χ3v) is 10.0. The van der Waals surface area contributed by atoms with Gasteiger partial charge >= 0.3 is 5.97 Å². The molecule has 3 aromatic rings. The van der Waals surface area contributed by atoms with Gasteiger partial charge in [-0.15, -0.1) is 22.5 Å². The molecule has 0 aromatic heterocycles. The van der Waals surface area contributed by atoms with E-state index in [9.17, 15) is 22.7 Å². The molecule has 1 unspecified atom stereocenters. The third-order valence-electron chi connectivity index (χ3n) is 7.25. The number of hydrogen-bond acceptors (Lipinski definition) is 9. The van der Waals surface area contributed by atoms with Crippen LogP contribution >= 0.6 is 22.5 Å². The molecule has 2 N–H and O–H groups in total. The highest BCUT2D eigenvalue weighted by Gasteiger charge is 2.40. The van der Waals surface area contributed by atoms with Crippen LogP contribution in [0.3, 0.4) is 0 Å². The minimum Gasteiger partial charge on any atom is -0.497 e. The Bertz CT molecular complexity index is 1450. The van der Waals surface area contributed by atoms with Crippen LogP contribution in [0.1, 0.15) is 38.7 Å². The summed E-state index contributed by atoms with van der Waals surface area (Å²) >= 11 is 1.31. The van der Waals surface area contributed by atoms with Gasteiger partial charge in [0.15, 0.2) is 0 Å². The fourth-order valence-corrected chi connectivity index (χ4v) is 7.40. The number of unbranched alkanes of at least 4 members (excludes halogenated alkanes) is 1. The number of thioether (sulfide) groups is 1. The van der Waals surface area contributed by atoms with Crippen molar-refractivity contribution in [1.29, 1.82) is 0 Å². The fourth-order valence-electron chi connectivity index (χ4n) is 4.98. The van der Waals surface area contributed by atoms with Gasteiger partial charge in [-0.05, 0) is 67.6 Å². The number of carbonyl (C=O) groups excluding carboxylic acids is 1. The second-order valence-corrected chi connectivity index (χ2v) is 12.9. The predicted octanol–water partition coefficient (Wildman–Crippen LogP) is 8.55. The molecule has 0 amide bonds. The van der Waals surface area contributed by atoms with Gasteiger partial charge in [0.1, 0.15) is 28.5 Å². The van der Waals surface area contributed by atoms with Gasteiger partial charge in [0.25, 0.3) is 0 Å². The van der Waals surface area contributed by atoms with E-state index in [1.807, 2.05) is 29.2 Å². The van der Waals surface area contributed by atoms with E-state index in [2.05, 4.69) is 6.92 Å². The molecule has 4 rings (SSSR count). The summed E-state index contributed by atoms with van der Waals surface area (Å²) in [6.07, 6.45) is 4.87. The number of hydrogen-bond donors (Lipinski definition) is 2. The summed E-state index contributed by atoms with van der Waals surface area (Å²) in [7, 11) is -2.10. The first kappa shape index (κ1) is 33.6. The first-order valence-electron chi connectivity index (χ1n) is 14.2. The van der Waals surface area contributed by atoms with E-state index in [1.165, 1.54) is 30.0 Å². The van der Waals surface area contributed by atoms with Gasteiger partial charge in [0.05, 0.1) is 24.3 Å². The van der Waals surface area contributed by atoms with Crippen molar-refractivity contribution in [1.82, 2.24) is 4.31 Å². The summed E-state index contributed by atoms with van der Waals surface area (Å²) < 4.78 is 70.0. The van der Waals surface area contributed by atoms with E-state index in [4.69, 9.17) is 14.2 Å². The summed E-state index contributed by atoms with van der Waals surface area (Å²) in [5.41, 5.74) is 2.02. The molecular weight excluding hydrogens is 610 g/mol. The Morgan fingerprint density at radius 1 is 1.11 bits per heavy atom. The summed E-state index contributed by atoms with van der Waals surface area (Å²) in [5.74, 6) is -1.97. The quantitative estimate of drug-likeness (QED) is 0.0868. The molecule has 12 heteroatoms. The topological polar surface area (TPSA) is 91.7 Å². The van der Waals surface area contributed by atoms with Crippen LogP contribution in [0.2, 0.25) is 0 Å². The standard InChI is InChI=1S/C32H38F2N2O6S2/c1-5-7-8-25-20-35(24-13-11-23(33)12-14-24)28-17-30(43-4)29(42-21-27(34)32(37)41-6-2)18-31(28)44(38,39)36(25)19-22-9-15-26(40-3)16-10-22/h9-18,21,25,38-39H,5-8,19-20H2,1-4H3/b27-21-. The van der Waals surface area contributed by atoms with Crippen molar-refractivity contribution in [2.45, 2.75) is 55.5 Å². The Morgan fingerprint density at radius 2 is 1.82 bits per heavy atom. The van der Waals surface area contributed by atoms with Gasteiger partial charge in [-0.3, -0.25) is 9.11 Å². The zero-order valence-electron chi connectivity index (χ0n) is 25.2. The monoisotopic (exact) mass is 648 g/mol. The van der Waals surface area contributed by atoms with E-state index < -0.39 is 22.6 Å². The first-order chi connectivity index (χ1) is 21.1. The number of methoxy groups -OCH3 is 1. The molecule has 1 aliphatic heterocycles. The Morgan fingerprint density at radius 3 is 2.43 bits per heavy atom. The molecule has 238 valence electrons. The summed E-state index contributed by atoms with van der Waals surface area (Å²) in [6.45, 7) is 4.24. The van der Waals surface area contributed by atoms with Crippen LogP contribution in [0.25, 0.3) is 0 Å². The van der Waals surface area contributed by atoms with Crippen LogP contribution in [-0.2, 0) is 16.1 Å². The van der Waals surface area contributed by atoms with Crippen molar-refractivity contribution >= 4 is 39.9 Å². The van der Waals surface area contributed by atoms with Crippen molar-refractivity contribution < 1.29 is 36.9 Å². The van der Waals surface area contributed by atoms with E-state index >= 15 is 0 Å². The number of benzene rings is 3. The molecule has 0 saturated carbocycles. The number of carbonyl (C=O) groups is 1. The Hall–Kier alpha value is -3.29. The van der Waals surface area contributed by atoms with Crippen LogP contribution < -0.4 is 14.4 Å². The van der Waals surface area contributed by atoms with Gasteiger partial charge in [0, 0.05) is 30.9 Å². The Kier molecular flexibility index (Phi) is 11.6. The lowest BCUT2D eigenvalue weighted by atomic mass is 10.1. The molecule has 0 saturated heterocycles. The highest BCUT2D eigenvalue weighted by molar-refractivity contribution is 8.22. The second kappa shape index (κ2) is 15.1. The number of ether oxygens (including phenoxy) is 3. The van der Waals surface area contributed by atoms with Gasteiger partial charge in [-0.25, -0.2) is 9.18 Å². The van der Waals surface area contributed by atoms with E-state index in [0.717, 1.165) is 18.4 Å². The number of fused-ring (bicyclic) bond motifs is 1. The maximum atomic E-state index is 14.4. The average Bonchev–Trinajstić information content (AvgIpc) is 3.11. The van der Waals surface area contributed by atoms with Crippen molar-refractivity contribution in [3.05, 3.63) is 84.1 Å². The average molecular weight is 649 g/mol. The van der Waals surface area contributed by atoms with E-state index in [1.54, 1.807) is 42.8 Å². The molecule has 8 nitrogen and oxygen atoms in total. The molecule has 0 aliphatic carbocycles. The van der Waals surface area contributed by atoms with Crippen LogP contribution in [0.15, 0.2) is 82.5 Å². The second-order valence-electron chi connectivity index (χ2n) is 10.1. The molecule has 1 atom stereocenters. The Labute approximate surface area is 263 Å². The molecule has 0 spiro atoms. The summed E-state index contributed by atoms with van der Waals surface area (Å²) in [6, 6.07) is 16.3. The minimum atomic E-state index is -3.68. The summed E-state index contributed by atoms with van der Waals surface area (Å²) in [5, 5.41) is 0. The molecule has 3 aromatic carbocycles. The van der Waals surface area contributed by atoms with Crippen LogP contribution in [0, 0.1) is 5.82 Å². The highest BCUT2D eigenvalue weighted by atomic mass is 32.3. The van der Waals surface area contributed by atoms with Crippen molar-refractivity contribution in [2.24, 2.45) is 0 Å². The first-order valence-corrected chi connectivity index (χ1v) is 17.0. The van der Waals surface area contributed by atoms with Crippen molar-refractivity contribution in [3.8, 4) is 11.5 Å². The zero-order chi connectivity index (χ0) is 31.9. The van der Waals surface area contributed by atoms with Crippen LogP contribution in [-0.4, -0.2) is 51.9 Å². The number of halogens is 2. The Balaban J connectivity index is 1.89. The molecule has 0 radical (unpaired) electrons. The molecule has 1 aliphatic rings.